The standard InChI is InChI=1S/C16H17FN2O2/c1-20-12-3-4-13(14(17)9-12)16(19-18)11-2-5-15-10(8-11)6-7-21-15/h2-5,8-9,16,19H,6-7,18H2,1H3. The molecular formula is C16H17FN2O2. The first-order chi connectivity index (χ1) is 10.2. The molecule has 0 bridgehead atoms. The smallest absolute Gasteiger partial charge is 0.132 e. The molecule has 110 valence electrons. The molecular weight excluding hydrogens is 271 g/mol. The number of rotatable bonds is 4. The second-order valence-corrected chi connectivity index (χ2v) is 4.95. The van der Waals surface area contributed by atoms with E-state index in [9.17, 15) is 4.39 Å². The van der Waals surface area contributed by atoms with Crippen LogP contribution in [0.1, 0.15) is 22.7 Å². The Labute approximate surface area is 122 Å². The van der Waals surface area contributed by atoms with Crippen molar-refractivity contribution in [2.24, 2.45) is 5.84 Å². The zero-order valence-electron chi connectivity index (χ0n) is 11.7. The number of fused-ring (bicyclic) bond motifs is 1. The third-order valence-electron chi connectivity index (χ3n) is 3.73. The van der Waals surface area contributed by atoms with E-state index < -0.39 is 6.04 Å². The molecule has 0 fully saturated rings. The molecule has 1 aliphatic heterocycles. The van der Waals surface area contributed by atoms with E-state index in [4.69, 9.17) is 15.3 Å². The van der Waals surface area contributed by atoms with Crippen LogP contribution in [0, 0.1) is 5.82 Å². The van der Waals surface area contributed by atoms with Crippen LogP contribution in [0.25, 0.3) is 0 Å². The number of methoxy groups -OCH3 is 1. The molecule has 4 nitrogen and oxygen atoms in total. The second kappa shape index (κ2) is 5.71. The van der Waals surface area contributed by atoms with Crippen LogP contribution in [-0.2, 0) is 6.42 Å². The Morgan fingerprint density at radius 2 is 2.14 bits per heavy atom. The van der Waals surface area contributed by atoms with Gasteiger partial charge in [-0.2, -0.15) is 0 Å². The molecule has 1 aliphatic rings. The molecule has 2 aromatic rings. The van der Waals surface area contributed by atoms with Crippen molar-refractivity contribution < 1.29 is 13.9 Å². The van der Waals surface area contributed by atoms with Crippen LogP contribution in [0.4, 0.5) is 4.39 Å². The number of ether oxygens (including phenoxy) is 2. The summed E-state index contributed by atoms with van der Waals surface area (Å²) in [7, 11) is 1.51. The predicted octanol–water partition coefficient (Wildman–Crippen LogP) is 2.32. The minimum atomic E-state index is -0.415. The van der Waals surface area contributed by atoms with E-state index >= 15 is 0 Å². The Morgan fingerprint density at radius 1 is 1.29 bits per heavy atom. The van der Waals surface area contributed by atoms with E-state index in [1.165, 1.54) is 13.2 Å². The summed E-state index contributed by atoms with van der Waals surface area (Å²) >= 11 is 0. The Balaban J connectivity index is 1.98. The molecule has 0 amide bonds. The monoisotopic (exact) mass is 288 g/mol. The molecule has 0 aliphatic carbocycles. The fourth-order valence-corrected chi connectivity index (χ4v) is 2.62. The van der Waals surface area contributed by atoms with Crippen LogP contribution < -0.4 is 20.7 Å². The number of halogens is 1. The quantitative estimate of drug-likeness (QED) is 0.669. The highest BCUT2D eigenvalue weighted by atomic mass is 19.1. The first-order valence-corrected chi connectivity index (χ1v) is 6.78. The number of nitrogens with one attached hydrogen (secondary N) is 1. The van der Waals surface area contributed by atoms with Crippen LogP contribution in [0.15, 0.2) is 36.4 Å². The van der Waals surface area contributed by atoms with Gasteiger partial charge in [-0.05, 0) is 23.3 Å². The summed E-state index contributed by atoms with van der Waals surface area (Å²) in [6.45, 7) is 0.691. The van der Waals surface area contributed by atoms with Gasteiger partial charge in [-0.1, -0.05) is 18.2 Å². The summed E-state index contributed by atoms with van der Waals surface area (Å²) < 4.78 is 24.7. The van der Waals surface area contributed by atoms with Crippen molar-refractivity contribution in [3.05, 3.63) is 58.9 Å². The van der Waals surface area contributed by atoms with Crippen molar-refractivity contribution >= 4 is 0 Å². The average Bonchev–Trinajstić information content (AvgIpc) is 2.97. The van der Waals surface area contributed by atoms with Gasteiger partial charge in [0.2, 0.25) is 0 Å². The normalized spacial score (nSPS) is 14.4. The van der Waals surface area contributed by atoms with Gasteiger partial charge in [-0.25, -0.2) is 9.82 Å². The molecule has 0 spiro atoms. The molecule has 0 aromatic heterocycles. The summed E-state index contributed by atoms with van der Waals surface area (Å²) in [5.74, 6) is 6.66. The van der Waals surface area contributed by atoms with Crippen molar-refractivity contribution in [1.29, 1.82) is 0 Å². The van der Waals surface area contributed by atoms with E-state index in [2.05, 4.69) is 5.43 Å². The summed E-state index contributed by atoms with van der Waals surface area (Å²) in [6.07, 6.45) is 0.867. The van der Waals surface area contributed by atoms with Crippen molar-refractivity contribution in [3.8, 4) is 11.5 Å². The summed E-state index contributed by atoms with van der Waals surface area (Å²) in [5, 5.41) is 0. The van der Waals surface area contributed by atoms with Crippen LogP contribution in [0.5, 0.6) is 11.5 Å². The zero-order valence-corrected chi connectivity index (χ0v) is 11.7. The lowest BCUT2D eigenvalue weighted by atomic mass is 9.96. The fourth-order valence-electron chi connectivity index (χ4n) is 2.62. The van der Waals surface area contributed by atoms with E-state index in [0.717, 1.165) is 23.3 Å². The van der Waals surface area contributed by atoms with Gasteiger partial charge >= 0.3 is 0 Å². The maximum absolute atomic E-state index is 14.2. The lowest BCUT2D eigenvalue weighted by molar-refractivity contribution is 0.357. The minimum Gasteiger partial charge on any atom is -0.497 e. The molecule has 21 heavy (non-hydrogen) atoms. The van der Waals surface area contributed by atoms with Gasteiger partial charge in [0.05, 0.1) is 19.8 Å². The highest BCUT2D eigenvalue weighted by Gasteiger charge is 2.20. The van der Waals surface area contributed by atoms with E-state index in [-0.39, 0.29) is 5.82 Å². The van der Waals surface area contributed by atoms with Gasteiger partial charge in [-0.15, -0.1) is 0 Å². The van der Waals surface area contributed by atoms with Gasteiger partial charge < -0.3 is 9.47 Å². The molecule has 1 unspecified atom stereocenters. The molecule has 1 atom stereocenters. The zero-order chi connectivity index (χ0) is 14.8. The van der Waals surface area contributed by atoms with E-state index in [1.807, 2.05) is 18.2 Å². The van der Waals surface area contributed by atoms with Crippen LogP contribution in [-0.4, -0.2) is 13.7 Å². The van der Waals surface area contributed by atoms with Gasteiger partial charge in [0.25, 0.3) is 0 Å². The van der Waals surface area contributed by atoms with Gasteiger partial charge in [0.15, 0.2) is 0 Å². The number of benzene rings is 2. The molecule has 3 rings (SSSR count). The highest BCUT2D eigenvalue weighted by molar-refractivity contribution is 5.44. The Kier molecular flexibility index (Phi) is 3.77. The molecule has 2 aromatic carbocycles. The maximum atomic E-state index is 14.2. The van der Waals surface area contributed by atoms with Crippen LogP contribution in [0.3, 0.4) is 0 Å². The summed E-state index contributed by atoms with van der Waals surface area (Å²) in [6, 6.07) is 10.2. The number of hydrogen-bond donors (Lipinski definition) is 2. The molecule has 0 saturated carbocycles. The first kappa shape index (κ1) is 13.9. The number of nitrogens with two attached hydrogens (primary N) is 1. The van der Waals surface area contributed by atoms with Crippen molar-refractivity contribution in [2.45, 2.75) is 12.5 Å². The van der Waals surface area contributed by atoms with Crippen LogP contribution in [0.2, 0.25) is 0 Å². The van der Waals surface area contributed by atoms with Crippen molar-refractivity contribution in [1.82, 2.24) is 5.43 Å². The SMILES string of the molecule is COc1ccc(C(NN)c2ccc3c(c2)CCO3)c(F)c1. The van der Waals surface area contributed by atoms with Crippen LogP contribution >= 0.6 is 0 Å². The lowest BCUT2D eigenvalue weighted by Crippen LogP contribution is -2.29. The lowest BCUT2D eigenvalue weighted by Gasteiger charge is -2.18. The Morgan fingerprint density at radius 3 is 2.86 bits per heavy atom. The molecule has 3 N–H and O–H groups in total. The van der Waals surface area contributed by atoms with Crippen molar-refractivity contribution in [2.75, 3.05) is 13.7 Å². The van der Waals surface area contributed by atoms with Crippen molar-refractivity contribution in [3.63, 3.8) is 0 Å². The third-order valence-corrected chi connectivity index (χ3v) is 3.73. The van der Waals surface area contributed by atoms with Gasteiger partial charge in [-0.3, -0.25) is 5.84 Å². The largest absolute Gasteiger partial charge is 0.497 e. The number of hydrogen-bond acceptors (Lipinski definition) is 4. The highest BCUT2D eigenvalue weighted by Crippen LogP contribution is 2.31. The molecule has 0 saturated heterocycles. The second-order valence-electron chi connectivity index (χ2n) is 4.95. The predicted molar refractivity (Wildman–Crippen MR) is 77.8 cm³/mol. The molecule has 0 radical (unpaired) electrons. The van der Waals surface area contributed by atoms with Gasteiger partial charge in [0.1, 0.15) is 17.3 Å². The first-order valence-electron chi connectivity index (χ1n) is 6.78. The third kappa shape index (κ3) is 2.57. The average molecular weight is 288 g/mol. The summed E-state index contributed by atoms with van der Waals surface area (Å²) in [5.41, 5.74) is 5.20. The van der Waals surface area contributed by atoms with E-state index in [0.29, 0.717) is 17.9 Å². The maximum Gasteiger partial charge on any atom is 0.132 e. The van der Waals surface area contributed by atoms with Gasteiger partial charge in [0, 0.05) is 18.1 Å². The molecule has 1 heterocycles. The summed E-state index contributed by atoms with van der Waals surface area (Å²) in [4.78, 5) is 0. The Bertz CT molecular complexity index is 661. The van der Waals surface area contributed by atoms with E-state index in [1.54, 1.807) is 12.1 Å². The molecule has 5 heteroatoms. The minimum absolute atomic E-state index is 0.353. The topological polar surface area (TPSA) is 56.5 Å². The number of hydrazine groups is 1. The Hall–Kier alpha value is -2.11. The fraction of sp³-hybridized carbons (Fsp3) is 0.250.